The summed E-state index contributed by atoms with van der Waals surface area (Å²) in [4.78, 5) is 12.1. The number of aromatic nitrogens is 2. The zero-order valence-corrected chi connectivity index (χ0v) is 12.6. The maximum Gasteiger partial charge on any atom is 0.271 e. The number of benzene rings is 1. The fourth-order valence-electron chi connectivity index (χ4n) is 2.47. The first-order valence-corrected chi connectivity index (χ1v) is 7.64. The van der Waals surface area contributed by atoms with Crippen molar-refractivity contribution < 1.29 is 4.79 Å². The summed E-state index contributed by atoms with van der Waals surface area (Å²) in [6, 6.07) is 10.2. The molecule has 3 rings (SSSR count). The molecule has 1 heterocycles. The molecule has 0 unspecified atom stereocenters. The highest BCUT2D eigenvalue weighted by atomic mass is 16.1. The van der Waals surface area contributed by atoms with Crippen molar-refractivity contribution in [2.24, 2.45) is 0 Å². The number of carbonyl (C=O) groups is 1. The number of nitrogens with zero attached hydrogens (tertiary/aromatic N) is 2. The Kier molecular flexibility index (Phi) is 3.78. The average Bonchev–Trinajstić information content (AvgIpc) is 3.23. The van der Waals surface area contributed by atoms with E-state index in [2.05, 4.69) is 29.5 Å². The third kappa shape index (κ3) is 2.99. The summed E-state index contributed by atoms with van der Waals surface area (Å²) in [6.45, 7) is 4.80. The minimum Gasteiger partial charge on any atom is -0.351 e. The van der Waals surface area contributed by atoms with Crippen LogP contribution in [0.15, 0.2) is 30.3 Å². The normalized spacial score (nSPS) is 14.2. The van der Waals surface area contributed by atoms with Gasteiger partial charge >= 0.3 is 0 Å². The Morgan fingerprint density at radius 2 is 2.19 bits per heavy atom. The van der Waals surface area contributed by atoms with E-state index in [0.29, 0.717) is 18.2 Å². The van der Waals surface area contributed by atoms with Gasteiger partial charge in [-0.15, -0.1) is 0 Å². The Morgan fingerprint density at radius 1 is 1.38 bits per heavy atom. The van der Waals surface area contributed by atoms with Crippen LogP contribution in [0.3, 0.4) is 0 Å². The van der Waals surface area contributed by atoms with Crippen molar-refractivity contribution in [3.63, 3.8) is 0 Å². The van der Waals surface area contributed by atoms with Crippen LogP contribution in [0, 0.1) is 6.92 Å². The Bertz CT molecular complexity index is 656. The van der Waals surface area contributed by atoms with E-state index in [9.17, 15) is 4.79 Å². The summed E-state index contributed by atoms with van der Waals surface area (Å²) in [5, 5.41) is 7.44. The van der Waals surface area contributed by atoms with Gasteiger partial charge in [-0.2, -0.15) is 5.10 Å². The van der Waals surface area contributed by atoms with E-state index in [4.69, 9.17) is 0 Å². The first-order chi connectivity index (χ1) is 10.2. The van der Waals surface area contributed by atoms with Crippen LogP contribution in [-0.2, 0) is 0 Å². The molecule has 21 heavy (non-hydrogen) atoms. The van der Waals surface area contributed by atoms with Gasteiger partial charge in [0.05, 0.1) is 5.69 Å². The summed E-state index contributed by atoms with van der Waals surface area (Å²) in [5.74, 6) is 0.468. The lowest BCUT2D eigenvalue weighted by Crippen LogP contribution is -2.24. The van der Waals surface area contributed by atoms with Gasteiger partial charge in [-0.25, -0.2) is 4.68 Å². The lowest BCUT2D eigenvalue weighted by atomic mass is 10.2. The van der Waals surface area contributed by atoms with E-state index in [1.165, 1.54) is 18.4 Å². The fraction of sp³-hybridized carbons (Fsp3) is 0.412. The van der Waals surface area contributed by atoms with Gasteiger partial charge in [0.15, 0.2) is 5.69 Å². The standard InChI is InChI=1S/C17H21N3O/c1-3-9-18-17(21)15-11-16(13-7-8-13)20(19-15)14-6-4-5-12(2)10-14/h4-6,10-11,13H,3,7-9H2,1-2H3,(H,18,21). The van der Waals surface area contributed by atoms with Gasteiger partial charge in [0, 0.05) is 18.2 Å². The summed E-state index contributed by atoms with van der Waals surface area (Å²) in [6.07, 6.45) is 3.31. The number of amides is 1. The van der Waals surface area contributed by atoms with Crippen molar-refractivity contribution in [1.82, 2.24) is 15.1 Å². The molecule has 1 aromatic heterocycles. The van der Waals surface area contributed by atoms with Gasteiger partial charge in [0.2, 0.25) is 0 Å². The molecule has 0 saturated heterocycles. The average molecular weight is 283 g/mol. The van der Waals surface area contributed by atoms with Gasteiger partial charge in [-0.1, -0.05) is 19.1 Å². The van der Waals surface area contributed by atoms with Crippen LogP contribution >= 0.6 is 0 Å². The van der Waals surface area contributed by atoms with Gasteiger partial charge in [0.25, 0.3) is 5.91 Å². The predicted molar refractivity (Wildman–Crippen MR) is 82.9 cm³/mol. The Hall–Kier alpha value is -2.10. The molecule has 0 bridgehead atoms. The van der Waals surface area contributed by atoms with E-state index >= 15 is 0 Å². The van der Waals surface area contributed by atoms with Crippen molar-refractivity contribution in [1.29, 1.82) is 0 Å². The third-order valence-corrected chi connectivity index (χ3v) is 3.75. The third-order valence-electron chi connectivity index (χ3n) is 3.75. The van der Waals surface area contributed by atoms with E-state index in [1.54, 1.807) is 0 Å². The van der Waals surface area contributed by atoms with Crippen LogP contribution in [0.2, 0.25) is 0 Å². The molecule has 1 aliphatic carbocycles. The van der Waals surface area contributed by atoms with Gasteiger partial charge in [0.1, 0.15) is 0 Å². The van der Waals surface area contributed by atoms with Crippen molar-refractivity contribution in [2.75, 3.05) is 6.54 Å². The lowest BCUT2D eigenvalue weighted by molar-refractivity contribution is 0.0948. The molecule has 1 fully saturated rings. The topological polar surface area (TPSA) is 46.9 Å². The molecule has 1 aromatic carbocycles. The smallest absolute Gasteiger partial charge is 0.271 e. The second kappa shape index (κ2) is 5.72. The molecule has 110 valence electrons. The number of nitrogens with one attached hydrogen (secondary N) is 1. The summed E-state index contributed by atoms with van der Waals surface area (Å²) < 4.78 is 1.94. The maximum atomic E-state index is 12.1. The Morgan fingerprint density at radius 3 is 2.86 bits per heavy atom. The van der Waals surface area contributed by atoms with E-state index in [-0.39, 0.29) is 5.91 Å². The largest absolute Gasteiger partial charge is 0.351 e. The molecule has 1 saturated carbocycles. The van der Waals surface area contributed by atoms with Crippen molar-refractivity contribution in [3.8, 4) is 5.69 Å². The van der Waals surface area contributed by atoms with Crippen LogP contribution in [0.25, 0.3) is 5.69 Å². The minimum absolute atomic E-state index is 0.0786. The number of aryl methyl sites for hydroxylation is 1. The van der Waals surface area contributed by atoms with E-state index in [0.717, 1.165) is 17.8 Å². The van der Waals surface area contributed by atoms with Crippen LogP contribution in [0.5, 0.6) is 0 Å². The molecule has 1 aliphatic rings. The number of hydrogen-bond donors (Lipinski definition) is 1. The molecule has 1 amide bonds. The van der Waals surface area contributed by atoms with Crippen LogP contribution in [0.1, 0.15) is 53.8 Å². The molecule has 0 aliphatic heterocycles. The number of carbonyl (C=O) groups excluding carboxylic acids is 1. The highest BCUT2D eigenvalue weighted by Gasteiger charge is 2.29. The van der Waals surface area contributed by atoms with Crippen molar-refractivity contribution in [3.05, 3.63) is 47.3 Å². The second-order valence-corrected chi connectivity index (χ2v) is 5.74. The second-order valence-electron chi connectivity index (χ2n) is 5.74. The van der Waals surface area contributed by atoms with Crippen molar-refractivity contribution in [2.45, 2.75) is 39.0 Å². The quantitative estimate of drug-likeness (QED) is 0.916. The fourth-order valence-corrected chi connectivity index (χ4v) is 2.47. The highest BCUT2D eigenvalue weighted by molar-refractivity contribution is 5.92. The predicted octanol–water partition coefficient (Wildman–Crippen LogP) is 3.20. The minimum atomic E-state index is -0.0786. The first-order valence-electron chi connectivity index (χ1n) is 7.64. The summed E-state index contributed by atoms with van der Waals surface area (Å²) in [5.41, 5.74) is 3.90. The summed E-state index contributed by atoms with van der Waals surface area (Å²) >= 11 is 0. The van der Waals surface area contributed by atoms with Gasteiger partial charge in [-0.05, 0) is 49.9 Å². The van der Waals surface area contributed by atoms with Crippen LogP contribution < -0.4 is 5.32 Å². The zero-order valence-electron chi connectivity index (χ0n) is 12.6. The van der Waals surface area contributed by atoms with Gasteiger partial charge < -0.3 is 5.32 Å². The van der Waals surface area contributed by atoms with Crippen molar-refractivity contribution >= 4 is 5.91 Å². The SMILES string of the molecule is CCCNC(=O)c1cc(C2CC2)n(-c2cccc(C)c2)n1. The molecule has 0 atom stereocenters. The first kappa shape index (κ1) is 13.9. The molecule has 2 aromatic rings. The van der Waals surface area contributed by atoms with E-state index < -0.39 is 0 Å². The van der Waals surface area contributed by atoms with Gasteiger partial charge in [-0.3, -0.25) is 4.79 Å². The summed E-state index contributed by atoms with van der Waals surface area (Å²) in [7, 11) is 0. The maximum absolute atomic E-state index is 12.1. The molecule has 4 nitrogen and oxygen atoms in total. The number of hydrogen-bond acceptors (Lipinski definition) is 2. The zero-order chi connectivity index (χ0) is 14.8. The molecular formula is C17H21N3O. The molecular weight excluding hydrogens is 262 g/mol. The number of rotatable bonds is 5. The Balaban J connectivity index is 1.95. The molecule has 1 N–H and O–H groups in total. The van der Waals surface area contributed by atoms with Crippen LogP contribution in [-0.4, -0.2) is 22.2 Å². The lowest BCUT2D eigenvalue weighted by Gasteiger charge is -2.07. The Labute approximate surface area is 125 Å². The van der Waals surface area contributed by atoms with Crippen LogP contribution in [0.4, 0.5) is 0 Å². The monoisotopic (exact) mass is 283 g/mol. The molecule has 4 heteroatoms. The highest BCUT2D eigenvalue weighted by Crippen LogP contribution is 2.41. The molecule has 0 radical (unpaired) electrons. The molecule has 0 spiro atoms. The van der Waals surface area contributed by atoms with E-state index in [1.807, 2.05) is 29.8 Å².